The van der Waals surface area contributed by atoms with Gasteiger partial charge in [0.2, 0.25) is 0 Å². The van der Waals surface area contributed by atoms with Crippen molar-refractivity contribution in [3.63, 3.8) is 0 Å². The number of hydrogen-bond acceptors (Lipinski definition) is 6. The van der Waals surface area contributed by atoms with Crippen molar-refractivity contribution >= 4 is 37.3 Å². The number of rotatable bonds is 8. The Morgan fingerprint density at radius 2 is 0.918 bits per heavy atom. The molecule has 2 atom stereocenters. The highest BCUT2D eigenvalue weighted by Crippen LogP contribution is 2.38. The Bertz CT molecular complexity index is 3210. The van der Waals surface area contributed by atoms with Crippen LogP contribution in [0.15, 0.2) is 217 Å². The highest BCUT2D eigenvalue weighted by molar-refractivity contribution is 7.25. The van der Waals surface area contributed by atoms with Gasteiger partial charge in [-0.25, -0.2) is 15.0 Å². The molecule has 0 saturated carbocycles. The predicted molar refractivity (Wildman–Crippen MR) is 253 cm³/mol. The first-order valence-electron chi connectivity index (χ1n) is 20.6. The van der Waals surface area contributed by atoms with Gasteiger partial charge < -0.3 is 5.32 Å². The molecule has 0 saturated heterocycles. The minimum atomic E-state index is -0.194. The number of aliphatic imine (C=N–C) groups is 1. The van der Waals surface area contributed by atoms with Crippen molar-refractivity contribution in [2.24, 2.45) is 4.99 Å². The van der Waals surface area contributed by atoms with Crippen molar-refractivity contribution in [3.8, 4) is 56.2 Å². The summed E-state index contributed by atoms with van der Waals surface area (Å²) in [6, 6.07) is 74.7. The Kier molecular flexibility index (Phi) is 9.54. The number of thiophene rings is 1. The molecule has 8 aromatic carbocycles. The maximum atomic E-state index is 5.24. The van der Waals surface area contributed by atoms with E-state index in [1.165, 1.54) is 20.2 Å². The van der Waals surface area contributed by atoms with E-state index in [1.807, 2.05) is 29.5 Å². The van der Waals surface area contributed by atoms with Gasteiger partial charge in [-0.1, -0.05) is 176 Å². The SMILES string of the molecule is c1ccc(C2=NC(c3ccccc3)NC(c3cccc(-c4cccc(-c5cccc(-c6nc(-c7ccccc7)cc(-c7ccc8c(c7)sc7ccccc78)n6)c5)c4)c3)N2)cc1. The van der Waals surface area contributed by atoms with Gasteiger partial charge in [0.15, 0.2) is 5.82 Å². The first-order chi connectivity index (χ1) is 30.2. The summed E-state index contributed by atoms with van der Waals surface area (Å²) >= 11 is 1.82. The topological polar surface area (TPSA) is 62.2 Å². The van der Waals surface area contributed by atoms with E-state index in [2.05, 4.69) is 205 Å². The number of fused-ring (bicyclic) bond motifs is 3. The molecular weight excluding hydrogens is 763 g/mol. The fourth-order valence-corrected chi connectivity index (χ4v) is 9.40. The highest BCUT2D eigenvalue weighted by Gasteiger charge is 2.25. The van der Waals surface area contributed by atoms with E-state index >= 15 is 0 Å². The second-order valence-corrected chi connectivity index (χ2v) is 16.4. The van der Waals surface area contributed by atoms with E-state index in [4.69, 9.17) is 15.0 Å². The minimum absolute atomic E-state index is 0.152. The van der Waals surface area contributed by atoms with Gasteiger partial charge in [0.25, 0.3) is 0 Å². The zero-order valence-corrected chi connectivity index (χ0v) is 33.9. The molecule has 2 unspecified atom stereocenters. The summed E-state index contributed by atoms with van der Waals surface area (Å²) in [7, 11) is 0. The van der Waals surface area contributed by atoms with E-state index in [1.54, 1.807) is 0 Å². The molecule has 290 valence electrons. The lowest BCUT2D eigenvalue weighted by Crippen LogP contribution is -2.44. The molecule has 0 aliphatic carbocycles. The summed E-state index contributed by atoms with van der Waals surface area (Å²) in [6.45, 7) is 0. The number of nitrogens with one attached hydrogen (secondary N) is 2. The van der Waals surface area contributed by atoms with Crippen LogP contribution in [0.5, 0.6) is 0 Å². The van der Waals surface area contributed by atoms with Crippen LogP contribution in [-0.4, -0.2) is 15.8 Å². The number of nitrogens with zero attached hydrogens (tertiary/aromatic N) is 3. The van der Waals surface area contributed by atoms with Crippen molar-refractivity contribution in [2.45, 2.75) is 12.3 Å². The Labute approximate surface area is 358 Å². The number of hydrogen-bond donors (Lipinski definition) is 2. The van der Waals surface area contributed by atoms with Gasteiger partial charge in [-0.05, 0) is 69.8 Å². The first kappa shape index (κ1) is 36.6. The molecule has 10 aromatic rings. The second kappa shape index (κ2) is 15.9. The zero-order valence-electron chi connectivity index (χ0n) is 33.1. The maximum absolute atomic E-state index is 5.24. The molecule has 6 heteroatoms. The minimum Gasteiger partial charge on any atom is -0.350 e. The van der Waals surface area contributed by atoms with E-state index in [-0.39, 0.29) is 12.3 Å². The van der Waals surface area contributed by atoms with Gasteiger partial charge >= 0.3 is 0 Å². The van der Waals surface area contributed by atoms with Crippen LogP contribution in [0.25, 0.3) is 76.3 Å². The van der Waals surface area contributed by atoms with Crippen molar-refractivity contribution < 1.29 is 0 Å². The third kappa shape index (κ3) is 7.40. The summed E-state index contributed by atoms with van der Waals surface area (Å²) in [5.41, 5.74) is 12.7. The third-order valence-electron chi connectivity index (χ3n) is 11.4. The Hall–Kier alpha value is -7.51. The molecule has 1 aliphatic rings. The molecular formula is C55H39N5S. The molecule has 11 rings (SSSR count). The molecule has 2 aromatic heterocycles. The normalized spacial score (nSPS) is 15.0. The van der Waals surface area contributed by atoms with Crippen LogP contribution in [0, 0.1) is 0 Å². The van der Waals surface area contributed by atoms with Gasteiger partial charge in [-0.15, -0.1) is 11.3 Å². The lowest BCUT2D eigenvalue weighted by atomic mass is 9.96. The van der Waals surface area contributed by atoms with Gasteiger partial charge in [0.05, 0.1) is 11.4 Å². The summed E-state index contributed by atoms with van der Waals surface area (Å²) in [5.74, 6) is 1.56. The first-order valence-corrected chi connectivity index (χ1v) is 21.4. The van der Waals surface area contributed by atoms with Crippen LogP contribution < -0.4 is 10.6 Å². The van der Waals surface area contributed by atoms with E-state index in [0.29, 0.717) is 5.82 Å². The molecule has 61 heavy (non-hydrogen) atoms. The molecule has 0 amide bonds. The van der Waals surface area contributed by atoms with Crippen LogP contribution in [-0.2, 0) is 0 Å². The largest absolute Gasteiger partial charge is 0.350 e. The number of amidine groups is 1. The van der Waals surface area contributed by atoms with Crippen LogP contribution in [0.2, 0.25) is 0 Å². The standard InChI is InChI=1S/C55H39N5S/c1-4-15-36(16-5-1)48-35-49(43-29-30-47-46-27-10-11-28-50(46)61-51(47)34-43)57-54(56-48)44-25-13-23-41(32-44)39-21-12-22-40(31-39)42-24-14-26-45(33-42)55-59-52(37-17-6-2-7-18-37)58-53(60-55)38-19-8-3-9-20-38/h1-35,52,55,59H,(H,58,60). The second-order valence-electron chi connectivity index (χ2n) is 15.3. The Balaban J connectivity index is 0.926. The van der Waals surface area contributed by atoms with Gasteiger partial charge in [0, 0.05) is 42.4 Å². The summed E-state index contributed by atoms with van der Waals surface area (Å²) in [5, 5.41) is 10.0. The lowest BCUT2D eigenvalue weighted by molar-refractivity contribution is 0.409. The van der Waals surface area contributed by atoms with Crippen molar-refractivity contribution in [3.05, 3.63) is 229 Å². The Morgan fingerprint density at radius 3 is 1.66 bits per heavy atom. The molecule has 3 heterocycles. The number of benzene rings is 8. The Morgan fingerprint density at radius 1 is 0.377 bits per heavy atom. The van der Waals surface area contributed by atoms with Gasteiger partial charge in [-0.2, -0.15) is 0 Å². The molecule has 2 N–H and O–H groups in total. The van der Waals surface area contributed by atoms with Crippen LogP contribution in [0.4, 0.5) is 0 Å². The van der Waals surface area contributed by atoms with Crippen molar-refractivity contribution in [1.29, 1.82) is 0 Å². The fourth-order valence-electron chi connectivity index (χ4n) is 8.26. The molecule has 5 nitrogen and oxygen atoms in total. The molecule has 1 aliphatic heterocycles. The summed E-state index contributed by atoms with van der Waals surface area (Å²) in [6.07, 6.45) is -0.346. The zero-order chi connectivity index (χ0) is 40.5. The van der Waals surface area contributed by atoms with E-state index < -0.39 is 0 Å². The van der Waals surface area contributed by atoms with E-state index in [0.717, 1.165) is 72.9 Å². The van der Waals surface area contributed by atoms with Gasteiger partial charge in [0.1, 0.15) is 18.2 Å². The van der Waals surface area contributed by atoms with Gasteiger partial charge in [-0.3, -0.25) is 5.32 Å². The monoisotopic (exact) mass is 801 g/mol. The third-order valence-corrected chi connectivity index (χ3v) is 12.5. The number of aromatic nitrogens is 2. The smallest absolute Gasteiger partial charge is 0.160 e. The van der Waals surface area contributed by atoms with Crippen LogP contribution in [0.1, 0.15) is 29.0 Å². The highest BCUT2D eigenvalue weighted by atomic mass is 32.1. The maximum Gasteiger partial charge on any atom is 0.160 e. The van der Waals surface area contributed by atoms with E-state index in [9.17, 15) is 0 Å². The van der Waals surface area contributed by atoms with Crippen molar-refractivity contribution in [2.75, 3.05) is 0 Å². The predicted octanol–water partition coefficient (Wildman–Crippen LogP) is 13.5. The molecule has 0 bridgehead atoms. The molecule has 0 fully saturated rings. The van der Waals surface area contributed by atoms with Crippen LogP contribution in [0.3, 0.4) is 0 Å². The lowest BCUT2D eigenvalue weighted by Gasteiger charge is -2.32. The average Bonchev–Trinajstić information content (AvgIpc) is 3.73. The summed E-state index contributed by atoms with van der Waals surface area (Å²) < 4.78 is 2.54. The fraction of sp³-hybridized carbons (Fsp3) is 0.0364. The summed E-state index contributed by atoms with van der Waals surface area (Å²) in [4.78, 5) is 15.5. The molecule has 0 spiro atoms. The van der Waals surface area contributed by atoms with Crippen molar-refractivity contribution in [1.82, 2.24) is 20.6 Å². The average molecular weight is 802 g/mol. The van der Waals surface area contributed by atoms with Crippen LogP contribution >= 0.6 is 11.3 Å². The molecule has 0 radical (unpaired) electrons. The quantitative estimate of drug-likeness (QED) is 0.161.